The topological polar surface area (TPSA) is 36.9 Å². The van der Waals surface area contributed by atoms with Crippen LogP contribution in [-0.4, -0.2) is 28.4 Å². The second-order valence-corrected chi connectivity index (χ2v) is 9.06. The number of ether oxygens (including phenoxy) is 4. The van der Waals surface area contributed by atoms with Gasteiger partial charge in [0, 0.05) is 11.1 Å². The van der Waals surface area contributed by atoms with E-state index in [1.54, 1.807) is 28.4 Å². The maximum absolute atomic E-state index is 5.89. The number of terminal acetylenes is 2. The van der Waals surface area contributed by atoms with E-state index in [4.69, 9.17) is 31.8 Å². The zero-order valence-corrected chi connectivity index (χ0v) is 21.1. The molecular formula is C33H24O4. The molecule has 2 aliphatic rings. The predicted octanol–water partition coefficient (Wildman–Crippen LogP) is 6.03. The SMILES string of the molecule is C#Cc1ccc2c(c1)C1(c3cc(C#C)ccc3-c3cc(OC)c(OC)cc31)c1cc(OC)c(OC)cc1-2. The molecule has 4 aromatic rings. The summed E-state index contributed by atoms with van der Waals surface area (Å²) in [5.74, 6) is 8.26. The fourth-order valence-corrected chi connectivity index (χ4v) is 6.05. The van der Waals surface area contributed by atoms with Gasteiger partial charge in [-0.1, -0.05) is 24.0 Å². The van der Waals surface area contributed by atoms with Gasteiger partial charge in [0.25, 0.3) is 0 Å². The number of fused-ring (bicyclic) bond motifs is 10. The summed E-state index contributed by atoms with van der Waals surface area (Å²) in [5, 5.41) is 0. The molecule has 0 N–H and O–H groups in total. The fourth-order valence-electron chi connectivity index (χ4n) is 6.05. The van der Waals surface area contributed by atoms with Crippen LogP contribution in [0.15, 0.2) is 60.7 Å². The van der Waals surface area contributed by atoms with E-state index in [0.717, 1.165) is 55.6 Å². The van der Waals surface area contributed by atoms with Crippen LogP contribution in [-0.2, 0) is 5.41 Å². The fraction of sp³-hybridized carbons (Fsp3) is 0.152. The Morgan fingerprint density at radius 1 is 0.486 bits per heavy atom. The first-order chi connectivity index (χ1) is 18.0. The quantitative estimate of drug-likeness (QED) is 0.287. The molecule has 0 aliphatic heterocycles. The van der Waals surface area contributed by atoms with Gasteiger partial charge in [0.2, 0.25) is 0 Å². The summed E-state index contributed by atoms with van der Waals surface area (Å²) in [6, 6.07) is 20.6. The Morgan fingerprint density at radius 2 is 0.838 bits per heavy atom. The largest absolute Gasteiger partial charge is 0.493 e. The number of hydrogen-bond donors (Lipinski definition) is 0. The van der Waals surface area contributed by atoms with E-state index in [2.05, 4.69) is 48.2 Å². The van der Waals surface area contributed by atoms with Crippen LogP contribution in [0.3, 0.4) is 0 Å². The lowest BCUT2D eigenvalue weighted by molar-refractivity contribution is 0.354. The van der Waals surface area contributed by atoms with Gasteiger partial charge in [-0.25, -0.2) is 0 Å². The van der Waals surface area contributed by atoms with E-state index in [9.17, 15) is 0 Å². The summed E-state index contributed by atoms with van der Waals surface area (Å²) < 4.78 is 22.9. The van der Waals surface area contributed by atoms with Gasteiger partial charge in [-0.2, -0.15) is 0 Å². The predicted molar refractivity (Wildman–Crippen MR) is 145 cm³/mol. The van der Waals surface area contributed by atoms with Gasteiger partial charge in [0.15, 0.2) is 23.0 Å². The Hall–Kier alpha value is -4.80. The van der Waals surface area contributed by atoms with Crippen molar-refractivity contribution in [1.82, 2.24) is 0 Å². The highest BCUT2D eigenvalue weighted by Crippen LogP contribution is 2.65. The maximum Gasteiger partial charge on any atom is 0.161 e. The van der Waals surface area contributed by atoms with Crippen molar-refractivity contribution in [3.63, 3.8) is 0 Å². The van der Waals surface area contributed by atoms with Gasteiger partial charge in [0.05, 0.1) is 33.9 Å². The van der Waals surface area contributed by atoms with Crippen molar-refractivity contribution >= 4 is 0 Å². The lowest BCUT2D eigenvalue weighted by atomic mass is 9.70. The van der Waals surface area contributed by atoms with E-state index in [1.807, 2.05) is 24.3 Å². The standard InChI is InChI=1S/C33H24O4/c1-7-19-9-11-21-23-15-29(34-3)31(36-5)17-27(23)33(25(21)13-19)26-14-20(8-2)10-12-22(26)24-16-30(35-4)32(37-6)18-28(24)33/h1-2,9-18H,3-6H3. The lowest BCUT2D eigenvalue weighted by Crippen LogP contribution is -2.26. The number of hydrogen-bond acceptors (Lipinski definition) is 4. The monoisotopic (exact) mass is 484 g/mol. The van der Waals surface area contributed by atoms with Crippen LogP contribution in [0, 0.1) is 24.7 Å². The highest BCUT2D eigenvalue weighted by Gasteiger charge is 2.53. The highest BCUT2D eigenvalue weighted by molar-refractivity contribution is 5.97. The molecule has 37 heavy (non-hydrogen) atoms. The van der Waals surface area contributed by atoms with Gasteiger partial charge in [-0.15, -0.1) is 12.8 Å². The zero-order chi connectivity index (χ0) is 25.9. The average Bonchev–Trinajstić information content (AvgIpc) is 3.40. The maximum atomic E-state index is 5.89. The van der Waals surface area contributed by atoms with E-state index >= 15 is 0 Å². The van der Waals surface area contributed by atoms with Gasteiger partial charge in [-0.05, 0) is 93.0 Å². The van der Waals surface area contributed by atoms with E-state index in [-0.39, 0.29) is 0 Å². The van der Waals surface area contributed by atoms with Crippen molar-refractivity contribution in [2.75, 3.05) is 28.4 Å². The summed E-state index contributed by atoms with van der Waals surface area (Å²) in [6.45, 7) is 0. The van der Waals surface area contributed by atoms with Crippen molar-refractivity contribution < 1.29 is 18.9 Å². The zero-order valence-electron chi connectivity index (χ0n) is 21.1. The van der Waals surface area contributed by atoms with Gasteiger partial charge < -0.3 is 18.9 Å². The van der Waals surface area contributed by atoms with Crippen LogP contribution in [0.2, 0.25) is 0 Å². The Balaban J connectivity index is 1.85. The molecule has 2 aliphatic carbocycles. The molecule has 180 valence electrons. The van der Waals surface area contributed by atoms with E-state index in [1.165, 1.54) is 0 Å². The Morgan fingerprint density at radius 3 is 1.19 bits per heavy atom. The Labute approximate surface area is 216 Å². The van der Waals surface area contributed by atoms with Crippen LogP contribution in [0.4, 0.5) is 0 Å². The molecule has 0 radical (unpaired) electrons. The summed E-state index contributed by atoms with van der Waals surface area (Å²) >= 11 is 0. The first kappa shape index (κ1) is 22.7. The molecule has 0 heterocycles. The minimum absolute atomic E-state index is 0.647. The molecule has 4 heteroatoms. The van der Waals surface area contributed by atoms with Crippen molar-refractivity contribution in [3.05, 3.63) is 94.0 Å². The van der Waals surface area contributed by atoms with E-state index < -0.39 is 5.41 Å². The summed E-state index contributed by atoms with van der Waals surface area (Å²) in [6.07, 6.45) is 11.8. The van der Waals surface area contributed by atoms with Crippen molar-refractivity contribution in [2.45, 2.75) is 5.41 Å². The smallest absolute Gasteiger partial charge is 0.161 e. The third kappa shape index (κ3) is 2.82. The lowest BCUT2D eigenvalue weighted by Gasteiger charge is -2.31. The summed E-state index contributed by atoms with van der Waals surface area (Å²) in [4.78, 5) is 0. The molecule has 0 saturated carbocycles. The first-order valence-electron chi connectivity index (χ1n) is 11.8. The van der Waals surface area contributed by atoms with Gasteiger partial charge >= 0.3 is 0 Å². The van der Waals surface area contributed by atoms with Crippen molar-refractivity contribution in [3.8, 4) is 69.9 Å². The summed E-state index contributed by atoms with van der Waals surface area (Å²) in [5.41, 5.74) is 9.45. The number of methoxy groups -OCH3 is 4. The highest BCUT2D eigenvalue weighted by atomic mass is 16.5. The van der Waals surface area contributed by atoms with Crippen molar-refractivity contribution in [1.29, 1.82) is 0 Å². The molecule has 6 rings (SSSR count). The molecule has 0 aromatic heterocycles. The van der Waals surface area contributed by atoms with Crippen LogP contribution in [0.25, 0.3) is 22.3 Å². The third-order valence-electron chi connectivity index (χ3n) is 7.62. The molecular weight excluding hydrogens is 460 g/mol. The van der Waals surface area contributed by atoms with Crippen LogP contribution in [0.5, 0.6) is 23.0 Å². The Bertz CT molecular complexity index is 1570. The molecule has 1 spiro atoms. The third-order valence-corrected chi connectivity index (χ3v) is 7.62. The molecule has 0 bridgehead atoms. The normalized spacial score (nSPS) is 13.0. The molecule has 0 fully saturated rings. The second kappa shape index (κ2) is 8.12. The van der Waals surface area contributed by atoms with Gasteiger partial charge in [0.1, 0.15) is 0 Å². The number of benzene rings is 4. The van der Waals surface area contributed by atoms with Crippen LogP contribution < -0.4 is 18.9 Å². The average molecular weight is 485 g/mol. The number of rotatable bonds is 4. The van der Waals surface area contributed by atoms with Crippen LogP contribution in [0.1, 0.15) is 33.4 Å². The summed E-state index contributed by atoms with van der Waals surface area (Å²) in [7, 11) is 6.59. The Kier molecular flexibility index (Phi) is 4.97. The van der Waals surface area contributed by atoms with E-state index in [0.29, 0.717) is 23.0 Å². The molecule has 4 aromatic carbocycles. The molecule has 0 saturated heterocycles. The van der Waals surface area contributed by atoms with Gasteiger partial charge in [-0.3, -0.25) is 0 Å². The molecule has 4 nitrogen and oxygen atoms in total. The van der Waals surface area contributed by atoms with Crippen molar-refractivity contribution in [2.24, 2.45) is 0 Å². The minimum Gasteiger partial charge on any atom is -0.493 e. The van der Waals surface area contributed by atoms with Crippen LogP contribution >= 0.6 is 0 Å². The molecule has 0 unspecified atom stereocenters. The second-order valence-electron chi connectivity index (χ2n) is 9.06. The first-order valence-corrected chi connectivity index (χ1v) is 11.8. The minimum atomic E-state index is -0.700. The molecule has 0 atom stereocenters. The molecule has 0 amide bonds.